The average Bonchev–Trinajstić information content (AvgIpc) is 0.858. The van der Waals surface area contributed by atoms with Gasteiger partial charge < -0.3 is 124 Å². The molecule has 6 radical (unpaired) electrons. The number of ether oxygens (including phenoxy) is 17. The summed E-state index contributed by atoms with van der Waals surface area (Å²) in [5.41, 5.74) is -0.867. The molecule has 0 spiro atoms. The zero-order valence-corrected chi connectivity index (χ0v) is 111. The van der Waals surface area contributed by atoms with E-state index in [2.05, 4.69) is 16.0 Å². The molecule has 139 heavy (non-hydrogen) atoms. The summed E-state index contributed by atoms with van der Waals surface area (Å²) in [5, 5.41) is 8.71. The Morgan fingerprint density at radius 3 is 0.770 bits per heavy atom. The molecule has 0 rings (SSSR count). The molecule has 0 bridgehead atoms. The van der Waals surface area contributed by atoms with Crippen molar-refractivity contribution in [2.24, 2.45) is 5.41 Å². The molecular formula is C92H207N3O32P6Y6. The molecule has 0 aromatic rings. The van der Waals surface area contributed by atoms with Gasteiger partial charge in [0, 0.05) is 453 Å². The molecule has 0 aromatic heterocycles. The zero-order valence-electron chi connectivity index (χ0n) is 87.6. The fourth-order valence-corrected chi connectivity index (χ4v) is 15.0. The monoisotopic (exact) mass is 2590 g/mol. The van der Waals surface area contributed by atoms with E-state index in [9.17, 15) is 41.8 Å². The van der Waals surface area contributed by atoms with E-state index in [4.69, 9.17) is 108 Å². The molecule has 3 amide bonds. The van der Waals surface area contributed by atoms with Crippen LogP contribution in [0.5, 0.6) is 0 Å². The van der Waals surface area contributed by atoms with Gasteiger partial charge in [-0.2, -0.15) is 0 Å². The molecule has 0 aliphatic carbocycles. The van der Waals surface area contributed by atoms with Crippen LogP contribution in [0.3, 0.4) is 0 Å². The second kappa shape index (κ2) is 146. The van der Waals surface area contributed by atoms with E-state index in [1.54, 1.807) is 26.7 Å². The van der Waals surface area contributed by atoms with Crippen molar-refractivity contribution in [2.45, 2.75) is 291 Å². The normalized spacial score (nSPS) is 12.2. The van der Waals surface area contributed by atoms with Gasteiger partial charge >= 0.3 is 0 Å². The minimum atomic E-state index is -2.17. The van der Waals surface area contributed by atoms with Gasteiger partial charge in [-0.3, -0.25) is 41.8 Å². The van der Waals surface area contributed by atoms with Crippen LogP contribution in [0.25, 0.3) is 0 Å². The maximum absolute atomic E-state index is 12.4. The SMILES string of the molecule is C.C.C.C.CCOCC(COCC)O[PH](C)=O.CCOCCCC(CCCOCC)(CCCOCC)NC(=O)CO[PH](C)=O.CCOCCCC(CCCOCC)O[PH](C)=O.CCOCCCC(COCC)O[PH](C)=O.CCOCCCCC(=O)NCC(CNC(=O)CCCCOCC)O[PH](C)=O.CCOCCCOCC(COCCCOCC)(COCCCOCC)CO[PH](C)=O.[Y].[Y].[Y].[Y].[Y].[Y]. The molecule has 0 aliphatic rings. The minimum absolute atomic E-state index is 0. The van der Waals surface area contributed by atoms with Crippen LogP contribution in [0.15, 0.2) is 0 Å². The predicted octanol–water partition coefficient (Wildman–Crippen LogP) is 18.5. The molecule has 0 fully saturated rings. The third kappa shape index (κ3) is 148. The number of carbonyl (C=O) groups is 3. The van der Waals surface area contributed by atoms with Gasteiger partial charge in [0.15, 0.2) is 48.2 Å². The number of hydrogen-bond donors (Lipinski definition) is 3. The third-order valence-electron chi connectivity index (χ3n) is 17.7. The van der Waals surface area contributed by atoms with Crippen molar-refractivity contribution in [1.82, 2.24) is 16.0 Å². The summed E-state index contributed by atoms with van der Waals surface area (Å²) in [6.07, 6.45) is 16.3. The van der Waals surface area contributed by atoms with Crippen LogP contribution >= 0.6 is 48.2 Å². The zero-order chi connectivity index (χ0) is 97.6. The maximum Gasteiger partial charge on any atom is 0.246 e. The molecule has 47 heteroatoms. The van der Waals surface area contributed by atoms with E-state index in [1.807, 2.05) is 96.9 Å². The number of rotatable bonds is 91. The summed E-state index contributed by atoms with van der Waals surface area (Å²) >= 11 is 0. The first-order valence-corrected chi connectivity index (χ1v) is 58.7. The van der Waals surface area contributed by atoms with E-state index in [0.29, 0.717) is 198 Å². The molecule has 0 saturated carbocycles. The summed E-state index contributed by atoms with van der Waals surface area (Å²) < 4.78 is 191. The van der Waals surface area contributed by atoms with E-state index in [1.165, 1.54) is 13.3 Å². The molecule has 0 saturated heterocycles. The van der Waals surface area contributed by atoms with Crippen LogP contribution in [0.4, 0.5) is 0 Å². The van der Waals surface area contributed by atoms with Crippen LogP contribution in [0, 0.1) is 5.41 Å². The molecule has 0 heterocycles. The Bertz CT molecular complexity index is 2430. The van der Waals surface area contributed by atoms with Gasteiger partial charge in [-0.1, -0.05) is 29.7 Å². The fraction of sp³-hybridized carbons (Fsp3) is 0.967. The summed E-state index contributed by atoms with van der Waals surface area (Å²) in [6.45, 7) is 59.0. The van der Waals surface area contributed by atoms with Crippen molar-refractivity contribution in [2.75, 3.05) is 291 Å². The van der Waals surface area contributed by atoms with E-state index < -0.39 is 59.7 Å². The van der Waals surface area contributed by atoms with Gasteiger partial charge in [0.05, 0.1) is 70.0 Å². The van der Waals surface area contributed by atoms with Gasteiger partial charge in [-0.25, -0.2) is 0 Å². The van der Waals surface area contributed by atoms with Crippen molar-refractivity contribution in [3.05, 3.63) is 0 Å². The van der Waals surface area contributed by atoms with Gasteiger partial charge in [-0.15, -0.1) is 0 Å². The Balaban J connectivity index is -0.0000000940. The minimum Gasteiger partial charge on any atom is -0.382 e. The van der Waals surface area contributed by atoms with Crippen LogP contribution in [0.1, 0.15) is 261 Å². The summed E-state index contributed by atoms with van der Waals surface area (Å²) in [4.78, 5) is 36.1. The smallest absolute Gasteiger partial charge is 0.246 e. The van der Waals surface area contributed by atoms with Gasteiger partial charge in [0.25, 0.3) is 0 Å². The molecule has 3 N–H and O–H groups in total. The Labute approximate surface area is 1000 Å². The number of nitrogens with one attached hydrogen (secondary N) is 3. The first-order chi connectivity index (χ1) is 62.2. The number of unbranched alkanes of at least 4 members (excludes halogenated alkanes) is 2. The van der Waals surface area contributed by atoms with Gasteiger partial charge in [0.1, 0.15) is 12.7 Å². The van der Waals surface area contributed by atoms with Crippen molar-refractivity contribution >= 4 is 65.9 Å². The Morgan fingerprint density at radius 1 is 0.252 bits per heavy atom. The Hall–Kier alpha value is 5.49. The largest absolute Gasteiger partial charge is 0.382 e. The maximum atomic E-state index is 12.4. The standard InChI is InChI=1S/C21H45O8P.C19H40NO6P.C18H37N2O6P.C12H27O4P.C10H23O4P.C8H19O4P.4CH4.6Y/c1-5-23-11-8-14-26-17-21(20-29-30(4)22,18-27-15-9-12-24-6-2)19-28-16-10-13-25-7-3;1-5-23-14-8-11-19(12-9-15-24-6-2,13-10-16-25-7-3)20-18(21)17-26-27(4)22;1-4-24-12-8-6-10-17(21)19-14-16(26-27(3)23)15-20-18(22)11-7-9-13-25-5-2;1-4-14-10-6-8-12(16-17(3)13)9-7-11-15-5-2;1-4-12-8-6-7-10(9-13-5-2)14-15(3)11;1-4-10-6-8(7-11-5-2)12-13(3)9;;;;;;;;;;/h30H,5-20H2,1-4H3;27H,5-17H2,1-4H3,(H,20,21);16,27H,4-15H2,1-3H3,(H,19,21)(H,20,22);12,17H,4-11H2,1-3H3;10,15H,4-9H2,1-3H3;8,13H,4-7H2,1-3H3;4*1H4;;;;;;. The van der Waals surface area contributed by atoms with Crippen molar-refractivity contribution in [3.63, 3.8) is 0 Å². The van der Waals surface area contributed by atoms with Crippen LogP contribution < -0.4 is 16.0 Å². The van der Waals surface area contributed by atoms with Gasteiger partial charge in [-0.05, 0) is 219 Å². The number of carbonyl (C=O) groups excluding carboxylic acids is 3. The summed E-state index contributed by atoms with van der Waals surface area (Å²) in [5.74, 6) is -0.393. The van der Waals surface area contributed by atoms with Crippen LogP contribution in [-0.4, -0.2) is 339 Å². The van der Waals surface area contributed by atoms with E-state index in [-0.39, 0.29) is 294 Å². The van der Waals surface area contributed by atoms with Gasteiger partial charge in [0.2, 0.25) is 17.7 Å². The molecule has 0 aliphatic heterocycles. The molecular weight excluding hydrogens is 2380 g/mol. The quantitative estimate of drug-likeness (QED) is 0.0376. The second-order valence-electron chi connectivity index (χ2n) is 29.4. The van der Waals surface area contributed by atoms with Crippen molar-refractivity contribution in [3.8, 4) is 0 Å². The van der Waals surface area contributed by atoms with Crippen LogP contribution in [0.2, 0.25) is 0 Å². The molecule has 35 nitrogen and oxygen atoms in total. The van der Waals surface area contributed by atoms with Crippen molar-refractivity contribution < 1.29 is 346 Å². The second-order valence-corrected chi connectivity index (χ2v) is 36.9. The Kier molecular flexibility index (Phi) is 189. The Morgan fingerprint density at radius 2 is 0.489 bits per heavy atom. The van der Waals surface area contributed by atoms with E-state index in [0.717, 1.165) is 162 Å². The summed E-state index contributed by atoms with van der Waals surface area (Å²) in [6, 6.07) is 0. The number of hydrogen-bond acceptors (Lipinski definition) is 32. The molecule has 7 unspecified atom stereocenters. The van der Waals surface area contributed by atoms with Crippen molar-refractivity contribution in [1.29, 1.82) is 0 Å². The molecule has 830 valence electrons. The predicted molar refractivity (Wildman–Crippen MR) is 548 cm³/mol. The number of amides is 3. The first kappa shape index (κ1) is 180. The topological polar surface area (TPSA) is 402 Å². The third-order valence-corrected chi connectivity index (χ3v) is 21.4. The average molecular weight is 2590 g/mol. The first-order valence-electron chi connectivity index (χ1n) is 47.8. The molecule has 7 atom stereocenters. The fourth-order valence-electron chi connectivity index (χ4n) is 11.6. The molecule has 0 aromatic carbocycles. The van der Waals surface area contributed by atoms with Crippen LogP contribution in [-0.2, 0) is 346 Å². The van der Waals surface area contributed by atoms with E-state index >= 15 is 0 Å². The summed E-state index contributed by atoms with van der Waals surface area (Å²) in [7, 11) is -12.0.